The zero-order valence-corrected chi connectivity index (χ0v) is 14.8. The number of benzene rings is 1. The predicted molar refractivity (Wildman–Crippen MR) is 94.0 cm³/mol. The molecule has 8 nitrogen and oxygen atoms in total. The van der Waals surface area contributed by atoms with Gasteiger partial charge in [-0.05, 0) is 25.8 Å². The van der Waals surface area contributed by atoms with Crippen molar-refractivity contribution in [2.45, 2.75) is 50.5 Å². The van der Waals surface area contributed by atoms with Crippen LogP contribution in [-0.4, -0.2) is 58.6 Å². The lowest BCUT2D eigenvalue weighted by Gasteiger charge is -2.35. The molecule has 4 N–H and O–H groups in total. The summed E-state index contributed by atoms with van der Waals surface area (Å²) < 4.78 is 0. The molecule has 0 unspecified atom stereocenters. The number of carbonyl (C=O) groups excluding carboxylic acids is 3. The molecule has 1 aromatic carbocycles. The van der Waals surface area contributed by atoms with E-state index in [4.69, 9.17) is 0 Å². The average molecular weight is 360 g/mol. The van der Waals surface area contributed by atoms with Gasteiger partial charge in [0.2, 0.25) is 11.8 Å². The first-order valence-electron chi connectivity index (χ1n) is 8.77. The van der Waals surface area contributed by atoms with E-state index in [0.29, 0.717) is 6.42 Å². The Labute approximate surface area is 151 Å². The van der Waals surface area contributed by atoms with Crippen molar-refractivity contribution in [3.05, 3.63) is 35.9 Å². The van der Waals surface area contributed by atoms with Gasteiger partial charge >= 0.3 is 6.03 Å². The molecule has 0 aliphatic carbocycles. The van der Waals surface area contributed by atoms with Crippen molar-refractivity contribution in [2.24, 2.45) is 0 Å². The van der Waals surface area contributed by atoms with Gasteiger partial charge in [-0.25, -0.2) is 4.79 Å². The monoisotopic (exact) mass is 360 g/mol. The standard InChI is InChI=1S/C18H24N4O4/c1-10(12-6-4-3-5-7-12)19-18(26)20-13-8-14-16(24)21-15(11(2)23)17(25)22(14)9-13/h3-7,10-11,13-15,23H,8-9H2,1-2H3,(H,21,24)(H2,19,20,26)/t10-,11-,13+,14+,15+/m1/s1. The van der Waals surface area contributed by atoms with Crippen molar-refractivity contribution in [1.29, 1.82) is 0 Å². The van der Waals surface area contributed by atoms with Gasteiger partial charge in [-0.15, -0.1) is 0 Å². The van der Waals surface area contributed by atoms with Crippen LogP contribution in [0.5, 0.6) is 0 Å². The third-order valence-corrected chi connectivity index (χ3v) is 4.92. The van der Waals surface area contributed by atoms with Crippen molar-refractivity contribution >= 4 is 17.8 Å². The SMILES string of the molecule is C[C@@H](NC(=O)N[C@H]1C[C@H]2C(=O)N[C@@H]([C@@H](C)O)C(=O)N2C1)c1ccccc1. The Kier molecular flexibility index (Phi) is 5.13. The third kappa shape index (κ3) is 3.65. The van der Waals surface area contributed by atoms with Gasteiger partial charge in [0.1, 0.15) is 12.1 Å². The summed E-state index contributed by atoms with van der Waals surface area (Å²) in [5, 5.41) is 17.9. The average Bonchev–Trinajstić information content (AvgIpc) is 3.03. The van der Waals surface area contributed by atoms with Crippen molar-refractivity contribution in [3.8, 4) is 0 Å². The van der Waals surface area contributed by atoms with Crippen LogP contribution in [0, 0.1) is 0 Å². The lowest BCUT2D eigenvalue weighted by Crippen LogP contribution is -2.64. The normalized spacial score (nSPS) is 27.3. The number of fused-ring (bicyclic) bond motifs is 1. The maximum absolute atomic E-state index is 12.4. The van der Waals surface area contributed by atoms with Crippen LogP contribution in [0.3, 0.4) is 0 Å². The Hall–Kier alpha value is -2.61. The number of nitrogens with zero attached hydrogens (tertiary/aromatic N) is 1. The number of rotatable bonds is 4. The van der Waals surface area contributed by atoms with E-state index in [0.717, 1.165) is 5.56 Å². The highest BCUT2D eigenvalue weighted by Gasteiger charge is 2.47. The maximum atomic E-state index is 12.4. The van der Waals surface area contributed by atoms with Crippen LogP contribution in [0.2, 0.25) is 0 Å². The predicted octanol–water partition coefficient (Wildman–Crippen LogP) is -0.104. The number of hydrogen-bond acceptors (Lipinski definition) is 4. The first kappa shape index (κ1) is 18.2. The number of carbonyl (C=O) groups is 3. The highest BCUT2D eigenvalue weighted by molar-refractivity contribution is 5.98. The summed E-state index contributed by atoms with van der Waals surface area (Å²) in [6, 6.07) is 7.24. The molecular formula is C18H24N4O4. The van der Waals surface area contributed by atoms with Gasteiger partial charge in [-0.2, -0.15) is 0 Å². The maximum Gasteiger partial charge on any atom is 0.315 e. The smallest absolute Gasteiger partial charge is 0.315 e. The lowest BCUT2D eigenvalue weighted by atomic mass is 10.0. The fraction of sp³-hybridized carbons (Fsp3) is 0.500. The molecule has 0 aromatic heterocycles. The van der Waals surface area contributed by atoms with E-state index >= 15 is 0 Å². The molecule has 0 bridgehead atoms. The second kappa shape index (κ2) is 7.33. The first-order valence-corrected chi connectivity index (χ1v) is 8.77. The van der Waals surface area contributed by atoms with Gasteiger partial charge in [-0.3, -0.25) is 9.59 Å². The van der Waals surface area contributed by atoms with E-state index < -0.39 is 18.2 Å². The molecule has 26 heavy (non-hydrogen) atoms. The minimum Gasteiger partial charge on any atom is -0.391 e. The summed E-state index contributed by atoms with van der Waals surface area (Å²) in [6.07, 6.45) is -0.605. The lowest BCUT2D eigenvalue weighted by molar-refractivity contribution is -0.149. The number of aliphatic hydroxyl groups is 1. The van der Waals surface area contributed by atoms with Crippen LogP contribution in [0.4, 0.5) is 4.79 Å². The number of hydrogen-bond donors (Lipinski definition) is 4. The van der Waals surface area contributed by atoms with Crippen LogP contribution in [0.15, 0.2) is 30.3 Å². The zero-order valence-electron chi connectivity index (χ0n) is 14.8. The molecule has 2 aliphatic rings. The molecule has 5 atom stereocenters. The third-order valence-electron chi connectivity index (χ3n) is 4.92. The number of piperazine rings is 1. The molecule has 140 valence electrons. The Morgan fingerprint density at radius 2 is 1.96 bits per heavy atom. The first-order chi connectivity index (χ1) is 12.4. The second-order valence-electron chi connectivity index (χ2n) is 6.92. The number of amides is 4. The van der Waals surface area contributed by atoms with E-state index in [2.05, 4.69) is 16.0 Å². The molecule has 1 aromatic rings. The van der Waals surface area contributed by atoms with Gasteiger partial charge in [0.25, 0.3) is 0 Å². The van der Waals surface area contributed by atoms with Crippen molar-refractivity contribution in [3.63, 3.8) is 0 Å². The molecule has 2 aliphatic heterocycles. The van der Waals surface area contributed by atoms with Crippen LogP contribution < -0.4 is 16.0 Å². The quantitative estimate of drug-likeness (QED) is 0.601. The minimum atomic E-state index is -0.963. The van der Waals surface area contributed by atoms with Crippen LogP contribution in [0.25, 0.3) is 0 Å². The fourth-order valence-corrected chi connectivity index (χ4v) is 3.50. The molecular weight excluding hydrogens is 336 g/mol. The minimum absolute atomic E-state index is 0.162. The van der Waals surface area contributed by atoms with E-state index in [1.165, 1.54) is 11.8 Å². The number of urea groups is 1. The van der Waals surface area contributed by atoms with Crippen LogP contribution >= 0.6 is 0 Å². The molecule has 8 heteroatoms. The summed E-state index contributed by atoms with van der Waals surface area (Å²) in [6.45, 7) is 3.61. The van der Waals surface area contributed by atoms with Crippen LogP contribution in [-0.2, 0) is 9.59 Å². The second-order valence-corrected chi connectivity index (χ2v) is 6.92. The van der Waals surface area contributed by atoms with Gasteiger partial charge in [0.05, 0.1) is 18.2 Å². The Morgan fingerprint density at radius 1 is 1.27 bits per heavy atom. The van der Waals surface area contributed by atoms with Gasteiger partial charge in [0.15, 0.2) is 0 Å². The summed E-state index contributed by atoms with van der Waals surface area (Å²) >= 11 is 0. The highest BCUT2D eigenvalue weighted by Crippen LogP contribution is 2.23. The topological polar surface area (TPSA) is 111 Å². The van der Waals surface area contributed by atoms with E-state index in [9.17, 15) is 19.5 Å². The van der Waals surface area contributed by atoms with Gasteiger partial charge in [-0.1, -0.05) is 30.3 Å². The molecule has 2 saturated heterocycles. The molecule has 0 spiro atoms. The van der Waals surface area contributed by atoms with Crippen molar-refractivity contribution in [1.82, 2.24) is 20.9 Å². The van der Waals surface area contributed by atoms with Crippen LogP contribution in [0.1, 0.15) is 31.9 Å². The Bertz CT molecular complexity index is 694. The Balaban J connectivity index is 1.58. The van der Waals surface area contributed by atoms with Gasteiger partial charge in [0, 0.05) is 6.54 Å². The molecule has 0 radical (unpaired) electrons. The highest BCUT2D eigenvalue weighted by atomic mass is 16.3. The molecule has 3 rings (SSSR count). The number of nitrogens with one attached hydrogen (secondary N) is 3. The van der Waals surface area contributed by atoms with Gasteiger partial charge < -0.3 is 26.0 Å². The zero-order chi connectivity index (χ0) is 18.8. The summed E-state index contributed by atoms with van der Waals surface area (Å²) in [5.74, 6) is -0.607. The molecule has 2 fully saturated rings. The largest absolute Gasteiger partial charge is 0.391 e. The molecule has 2 heterocycles. The van der Waals surface area contributed by atoms with E-state index in [1.807, 2.05) is 37.3 Å². The molecule has 4 amide bonds. The summed E-state index contributed by atoms with van der Waals surface area (Å²) in [5.41, 5.74) is 0.987. The Morgan fingerprint density at radius 3 is 2.62 bits per heavy atom. The molecule has 0 saturated carbocycles. The summed E-state index contributed by atoms with van der Waals surface area (Å²) in [4.78, 5) is 38.3. The van der Waals surface area contributed by atoms with Crippen molar-refractivity contribution < 1.29 is 19.5 Å². The van der Waals surface area contributed by atoms with E-state index in [1.54, 1.807) is 0 Å². The van der Waals surface area contributed by atoms with E-state index in [-0.39, 0.29) is 36.5 Å². The number of aliphatic hydroxyl groups excluding tert-OH is 1. The summed E-state index contributed by atoms with van der Waals surface area (Å²) in [7, 11) is 0. The fourth-order valence-electron chi connectivity index (χ4n) is 3.50. The van der Waals surface area contributed by atoms with Crippen molar-refractivity contribution in [2.75, 3.05) is 6.54 Å².